The van der Waals surface area contributed by atoms with Crippen molar-refractivity contribution < 1.29 is 0 Å². The minimum Gasteiger partial charge on any atom is -0.365 e. The van der Waals surface area contributed by atoms with E-state index in [0.29, 0.717) is 0 Å². The average Bonchev–Trinajstić information content (AvgIpc) is 2.32. The number of nitrogens with zero attached hydrogens (tertiary/aromatic N) is 2. The van der Waals surface area contributed by atoms with E-state index in [2.05, 4.69) is 34.1 Å². The molecule has 3 nitrogen and oxygen atoms in total. The van der Waals surface area contributed by atoms with Crippen LogP contribution < -0.4 is 0 Å². The zero-order valence-corrected chi connectivity index (χ0v) is 11.9. The maximum absolute atomic E-state index is 8.99. The van der Waals surface area contributed by atoms with E-state index in [1.54, 1.807) is 0 Å². The summed E-state index contributed by atoms with van der Waals surface area (Å²) in [4.78, 5) is 1.88. The number of benzene rings is 1. The third-order valence-corrected chi connectivity index (χ3v) is 4.16. The van der Waals surface area contributed by atoms with Crippen molar-refractivity contribution in [1.29, 1.82) is 10.7 Å². The van der Waals surface area contributed by atoms with Crippen molar-refractivity contribution in [3.8, 4) is 6.07 Å². The molecule has 0 heterocycles. The van der Waals surface area contributed by atoms with Gasteiger partial charge in [-0.25, -0.2) is 0 Å². The van der Waals surface area contributed by atoms with Gasteiger partial charge in [0.25, 0.3) is 0 Å². The van der Waals surface area contributed by atoms with Gasteiger partial charge in [-0.05, 0) is 30.5 Å². The number of hydrogen-bond donors (Lipinski definition) is 1. The van der Waals surface area contributed by atoms with Gasteiger partial charge >= 0.3 is 0 Å². The Labute approximate surface area is 116 Å². The molecule has 1 N–H and O–H groups in total. The van der Waals surface area contributed by atoms with E-state index in [4.69, 9.17) is 10.7 Å². The van der Waals surface area contributed by atoms with Crippen molar-refractivity contribution in [1.82, 2.24) is 4.90 Å². The Morgan fingerprint density at radius 1 is 1.61 bits per heavy atom. The summed E-state index contributed by atoms with van der Waals surface area (Å²) in [5.74, 6) is 0.156. The fourth-order valence-corrected chi connectivity index (χ4v) is 3.17. The summed E-state index contributed by atoms with van der Waals surface area (Å²) in [6.45, 7) is 0.797. The highest BCUT2D eigenvalue weighted by molar-refractivity contribution is 9.10. The van der Waals surface area contributed by atoms with Crippen LogP contribution in [-0.2, 0) is 5.41 Å². The zero-order chi connectivity index (χ0) is 13.2. The maximum atomic E-state index is 8.99. The first-order chi connectivity index (χ1) is 8.59. The molecule has 0 aliphatic heterocycles. The molecule has 0 spiro atoms. The summed E-state index contributed by atoms with van der Waals surface area (Å²) in [6, 6.07) is 10.6. The molecule has 0 amide bonds. The molecular weight excluding hydrogens is 290 g/mol. The monoisotopic (exact) mass is 305 g/mol. The Bertz CT molecular complexity index is 486. The van der Waals surface area contributed by atoms with Gasteiger partial charge in [0.15, 0.2) is 0 Å². The van der Waals surface area contributed by atoms with E-state index < -0.39 is 0 Å². The summed E-state index contributed by atoms with van der Waals surface area (Å²) in [7, 11) is 1.91. The second-order valence-electron chi connectivity index (χ2n) is 5.07. The van der Waals surface area contributed by atoms with Gasteiger partial charge in [0.1, 0.15) is 0 Å². The van der Waals surface area contributed by atoms with E-state index in [1.807, 2.05) is 24.1 Å². The van der Waals surface area contributed by atoms with E-state index in [1.165, 1.54) is 11.9 Å². The molecule has 94 valence electrons. The van der Waals surface area contributed by atoms with E-state index in [9.17, 15) is 0 Å². The van der Waals surface area contributed by atoms with Gasteiger partial charge in [-0.1, -0.05) is 28.1 Å². The minimum atomic E-state index is 0.0243. The summed E-state index contributed by atoms with van der Waals surface area (Å²) >= 11 is 3.50. The van der Waals surface area contributed by atoms with E-state index in [0.717, 1.165) is 23.9 Å². The van der Waals surface area contributed by atoms with Crippen LogP contribution >= 0.6 is 15.9 Å². The van der Waals surface area contributed by atoms with Crippen LogP contribution in [0.15, 0.2) is 28.7 Å². The maximum Gasteiger partial charge on any atom is 0.0814 e. The Morgan fingerprint density at radius 2 is 2.33 bits per heavy atom. The van der Waals surface area contributed by atoms with Crippen LogP contribution in [0, 0.1) is 22.7 Å². The first-order valence-electron chi connectivity index (χ1n) is 5.96. The number of halogens is 1. The van der Waals surface area contributed by atoms with Gasteiger partial charge in [-0.15, -0.1) is 0 Å². The molecule has 0 aromatic heterocycles. The molecule has 4 heteroatoms. The first-order valence-corrected chi connectivity index (χ1v) is 6.75. The molecule has 1 aromatic rings. The molecule has 0 atom stereocenters. The van der Waals surface area contributed by atoms with Crippen LogP contribution in [0.5, 0.6) is 0 Å². The fraction of sp³-hybridized carbons (Fsp3) is 0.429. The predicted octanol–water partition coefficient (Wildman–Crippen LogP) is 3.16. The van der Waals surface area contributed by atoms with Crippen LogP contribution in [0.1, 0.15) is 18.4 Å². The molecule has 1 aromatic carbocycles. The fourth-order valence-electron chi connectivity index (χ4n) is 2.77. The molecule has 0 bridgehead atoms. The van der Waals surface area contributed by atoms with Crippen LogP contribution in [0.2, 0.25) is 0 Å². The SMILES string of the molecule is CN(C=N)CC1(c2cccc(Br)c2)CC(C#N)C1. The van der Waals surface area contributed by atoms with Crippen molar-refractivity contribution in [2.45, 2.75) is 18.3 Å². The van der Waals surface area contributed by atoms with Crippen LogP contribution in [0.25, 0.3) is 0 Å². The molecule has 18 heavy (non-hydrogen) atoms. The number of hydrogen-bond acceptors (Lipinski definition) is 2. The highest BCUT2D eigenvalue weighted by atomic mass is 79.9. The summed E-state index contributed by atoms with van der Waals surface area (Å²) in [6.07, 6.45) is 3.12. The lowest BCUT2D eigenvalue weighted by Gasteiger charge is -2.47. The van der Waals surface area contributed by atoms with Crippen molar-refractivity contribution in [3.63, 3.8) is 0 Å². The summed E-state index contributed by atoms with van der Waals surface area (Å²) in [5.41, 5.74) is 1.29. The van der Waals surface area contributed by atoms with Crippen molar-refractivity contribution in [2.75, 3.05) is 13.6 Å². The van der Waals surface area contributed by atoms with Crippen molar-refractivity contribution in [2.24, 2.45) is 5.92 Å². The van der Waals surface area contributed by atoms with Gasteiger partial charge in [-0.3, -0.25) is 5.41 Å². The van der Waals surface area contributed by atoms with Gasteiger partial charge in [0.05, 0.1) is 12.4 Å². The van der Waals surface area contributed by atoms with Gasteiger partial charge in [-0.2, -0.15) is 5.26 Å². The lowest BCUT2D eigenvalue weighted by molar-refractivity contribution is 0.154. The Kier molecular flexibility index (Phi) is 3.72. The number of rotatable bonds is 4. The molecule has 0 unspecified atom stereocenters. The molecule has 1 fully saturated rings. The van der Waals surface area contributed by atoms with Gasteiger partial charge in [0, 0.05) is 29.4 Å². The molecular formula is C14H16BrN3. The standard InChI is InChI=1S/C14H16BrN3/c1-18(10-17)9-14(6-11(7-14)8-16)12-3-2-4-13(15)5-12/h2-5,10-11,17H,6-7,9H2,1H3. The first kappa shape index (κ1) is 13.1. The van der Waals surface area contributed by atoms with E-state index in [-0.39, 0.29) is 11.3 Å². The second kappa shape index (κ2) is 5.11. The van der Waals surface area contributed by atoms with Crippen molar-refractivity contribution >= 4 is 22.3 Å². The molecule has 1 saturated carbocycles. The summed E-state index contributed by atoms with van der Waals surface area (Å²) in [5, 5.41) is 16.3. The highest BCUT2D eigenvalue weighted by Gasteiger charge is 2.46. The Balaban J connectivity index is 2.27. The number of nitriles is 1. The number of nitrogens with one attached hydrogen (secondary N) is 1. The highest BCUT2D eigenvalue weighted by Crippen LogP contribution is 2.48. The smallest absolute Gasteiger partial charge is 0.0814 e. The third-order valence-electron chi connectivity index (χ3n) is 3.67. The normalized spacial score (nSPS) is 25.9. The van der Waals surface area contributed by atoms with Gasteiger partial charge in [0.2, 0.25) is 0 Å². The van der Waals surface area contributed by atoms with Gasteiger partial charge < -0.3 is 4.90 Å². The number of likely N-dealkylation sites (N-methyl/N-ethyl adjacent to an activating group) is 1. The molecule has 1 aliphatic carbocycles. The lowest BCUT2D eigenvalue weighted by Crippen LogP contribution is -2.48. The predicted molar refractivity (Wildman–Crippen MR) is 75.6 cm³/mol. The minimum absolute atomic E-state index is 0.0243. The van der Waals surface area contributed by atoms with Crippen molar-refractivity contribution in [3.05, 3.63) is 34.3 Å². The molecule has 2 rings (SSSR count). The molecule has 0 radical (unpaired) electrons. The Hall–Kier alpha value is -1.34. The second-order valence-corrected chi connectivity index (χ2v) is 5.98. The third kappa shape index (κ3) is 2.41. The quantitative estimate of drug-likeness (QED) is 0.686. The Morgan fingerprint density at radius 3 is 2.89 bits per heavy atom. The molecule has 0 saturated heterocycles. The largest absolute Gasteiger partial charge is 0.365 e. The topological polar surface area (TPSA) is 50.9 Å². The van der Waals surface area contributed by atoms with Crippen LogP contribution in [-0.4, -0.2) is 24.8 Å². The van der Waals surface area contributed by atoms with E-state index >= 15 is 0 Å². The van der Waals surface area contributed by atoms with Crippen LogP contribution in [0.3, 0.4) is 0 Å². The summed E-state index contributed by atoms with van der Waals surface area (Å²) < 4.78 is 1.07. The molecule has 1 aliphatic rings. The average molecular weight is 306 g/mol. The lowest BCUT2D eigenvalue weighted by atomic mass is 9.59. The zero-order valence-electron chi connectivity index (χ0n) is 10.4. The van der Waals surface area contributed by atoms with Crippen LogP contribution in [0.4, 0.5) is 0 Å².